The number of aliphatic carboxylic acids is 1. The number of unbranched alkanes of at least 4 members (excludes halogenated alkanes) is 27. The Balaban J connectivity index is 4.22. The Labute approximate surface area is 327 Å². The van der Waals surface area contributed by atoms with Gasteiger partial charge >= 0.3 is 17.9 Å². The number of quaternary nitrogens is 1. The molecule has 0 fully saturated rings. The maximum absolute atomic E-state index is 12.7. The highest BCUT2D eigenvalue weighted by Gasteiger charge is 2.31. The summed E-state index contributed by atoms with van der Waals surface area (Å²) in [6.45, 7) is 4.76. The predicted molar refractivity (Wildman–Crippen MR) is 220 cm³/mol. The van der Waals surface area contributed by atoms with Crippen molar-refractivity contribution in [2.75, 3.05) is 41.0 Å². The van der Waals surface area contributed by atoms with Crippen molar-refractivity contribution in [3.8, 4) is 0 Å². The minimum absolute atomic E-state index is 0.0424. The van der Waals surface area contributed by atoms with Crippen molar-refractivity contribution >= 4 is 17.9 Å². The van der Waals surface area contributed by atoms with E-state index in [1.165, 1.54) is 148 Å². The van der Waals surface area contributed by atoms with Crippen molar-refractivity contribution in [2.45, 2.75) is 231 Å². The molecule has 0 aliphatic rings. The minimum Gasteiger partial charge on any atom is -0.477 e. The predicted octanol–water partition coefficient (Wildman–Crippen LogP) is 12.1. The Kier molecular flexibility index (Phi) is 36.1. The number of rotatable bonds is 41. The van der Waals surface area contributed by atoms with E-state index in [0.29, 0.717) is 19.3 Å². The summed E-state index contributed by atoms with van der Waals surface area (Å²) in [4.78, 5) is 36.9. The van der Waals surface area contributed by atoms with Crippen LogP contribution in [0.5, 0.6) is 0 Å². The maximum Gasteiger partial charge on any atom is 0.362 e. The van der Waals surface area contributed by atoms with E-state index in [-0.39, 0.29) is 36.2 Å². The van der Waals surface area contributed by atoms with E-state index in [1.54, 1.807) is 0 Å². The fourth-order valence-corrected chi connectivity index (χ4v) is 6.98. The average Bonchev–Trinajstić information content (AvgIpc) is 3.11. The van der Waals surface area contributed by atoms with Crippen LogP contribution in [0.25, 0.3) is 0 Å². The number of likely N-dealkylation sites (N-methyl/N-ethyl adjacent to an activating group) is 1. The van der Waals surface area contributed by atoms with Gasteiger partial charge in [-0.3, -0.25) is 9.59 Å². The van der Waals surface area contributed by atoms with Crippen LogP contribution >= 0.6 is 0 Å². The van der Waals surface area contributed by atoms with Gasteiger partial charge in [-0.25, -0.2) is 4.79 Å². The first-order chi connectivity index (χ1) is 25.6. The second-order valence-electron chi connectivity index (χ2n) is 16.7. The minimum atomic E-state index is -0.871. The quantitative estimate of drug-likeness (QED) is 0.0377. The van der Waals surface area contributed by atoms with Crippen molar-refractivity contribution in [2.24, 2.45) is 0 Å². The highest BCUT2D eigenvalue weighted by molar-refractivity contribution is 5.72. The zero-order valence-electron chi connectivity index (χ0n) is 35.7. The molecule has 0 aromatic carbocycles. The average molecular weight is 755 g/mol. The summed E-state index contributed by atoms with van der Waals surface area (Å²) in [5.74, 6) is -1.45. The highest BCUT2D eigenvalue weighted by Crippen LogP contribution is 2.16. The van der Waals surface area contributed by atoms with E-state index >= 15 is 0 Å². The maximum atomic E-state index is 12.7. The van der Waals surface area contributed by atoms with Gasteiger partial charge in [-0.05, 0) is 12.8 Å². The number of carbonyl (C=O) groups excluding carboxylic acids is 2. The van der Waals surface area contributed by atoms with Crippen LogP contribution in [0, 0.1) is 0 Å². The van der Waals surface area contributed by atoms with E-state index in [2.05, 4.69) is 13.8 Å². The summed E-state index contributed by atoms with van der Waals surface area (Å²) in [6.07, 6.45) is 37.2. The highest BCUT2D eigenvalue weighted by atomic mass is 16.6. The number of hydrogen-bond donors (Lipinski definition) is 1. The molecule has 53 heavy (non-hydrogen) atoms. The SMILES string of the molecule is CCCCCCCCCCCCCCCCCCCCCC(=O)OC(COCCC(C(=O)O)[N+](C)(C)C)COC(=O)CCCCCCCCCCCC. The Morgan fingerprint density at radius 3 is 1.17 bits per heavy atom. The van der Waals surface area contributed by atoms with Crippen molar-refractivity contribution in [3.05, 3.63) is 0 Å². The molecule has 0 saturated carbocycles. The standard InChI is InChI=1S/C45H87NO7/c1-6-8-10-12-14-16-18-19-20-21-22-23-24-25-26-28-30-32-34-36-44(48)53-41(39-51-38-37-42(45(49)50)46(3,4)5)40-52-43(47)35-33-31-29-27-17-15-13-11-9-7-2/h41-42H,6-40H2,1-5H3/p+1. The molecule has 1 N–H and O–H groups in total. The molecule has 0 rings (SSSR count). The van der Waals surface area contributed by atoms with Crippen LogP contribution < -0.4 is 0 Å². The van der Waals surface area contributed by atoms with Crippen molar-refractivity contribution in [3.63, 3.8) is 0 Å². The van der Waals surface area contributed by atoms with E-state index in [0.717, 1.165) is 38.5 Å². The van der Waals surface area contributed by atoms with Gasteiger partial charge in [0.2, 0.25) is 0 Å². The first-order valence-electron chi connectivity index (χ1n) is 22.6. The Morgan fingerprint density at radius 1 is 0.491 bits per heavy atom. The molecule has 0 bridgehead atoms. The summed E-state index contributed by atoms with van der Waals surface area (Å²) in [5.41, 5.74) is 0. The molecule has 0 amide bonds. The van der Waals surface area contributed by atoms with Crippen molar-refractivity contribution < 1.29 is 38.2 Å². The number of carboxylic acid groups (broad SMARTS) is 1. The number of esters is 2. The largest absolute Gasteiger partial charge is 0.477 e. The molecule has 2 unspecified atom stereocenters. The van der Waals surface area contributed by atoms with Gasteiger partial charge < -0.3 is 23.8 Å². The van der Waals surface area contributed by atoms with E-state index in [4.69, 9.17) is 14.2 Å². The number of ether oxygens (including phenoxy) is 3. The van der Waals surface area contributed by atoms with Crippen LogP contribution in [0.15, 0.2) is 0 Å². The fourth-order valence-electron chi connectivity index (χ4n) is 6.98. The number of nitrogens with zero attached hydrogens (tertiary/aromatic N) is 1. The summed E-state index contributed by atoms with van der Waals surface area (Å²) in [5, 5.41) is 9.61. The lowest BCUT2D eigenvalue weighted by atomic mass is 10.0. The van der Waals surface area contributed by atoms with Crippen LogP contribution in [0.3, 0.4) is 0 Å². The summed E-state index contributed by atoms with van der Waals surface area (Å²) < 4.78 is 17.3. The number of hydrogen-bond acceptors (Lipinski definition) is 6. The van der Waals surface area contributed by atoms with Crippen LogP contribution in [-0.4, -0.2) is 80.6 Å². The first kappa shape index (κ1) is 51.3. The van der Waals surface area contributed by atoms with Gasteiger partial charge in [0.05, 0.1) is 34.4 Å². The van der Waals surface area contributed by atoms with Crippen LogP contribution in [-0.2, 0) is 28.6 Å². The lowest BCUT2D eigenvalue weighted by Gasteiger charge is -2.31. The van der Waals surface area contributed by atoms with Crippen molar-refractivity contribution in [1.29, 1.82) is 0 Å². The molecule has 0 spiro atoms. The molecule has 0 aliphatic carbocycles. The topological polar surface area (TPSA) is 99.1 Å². The molecular weight excluding hydrogens is 666 g/mol. The molecular formula is C45H88NO7+. The van der Waals surface area contributed by atoms with Gasteiger partial charge in [0.1, 0.15) is 6.61 Å². The fraction of sp³-hybridized carbons (Fsp3) is 0.933. The third kappa shape index (κ3) is 35.8. The van der Waals surface area contributed by atoms with Gasteiger partial charge in [-0.2, -0.15) is 0 Å². The first-order valence-corrected chi connectivity index (χ1v) is 22.6. The molecule has 0 aromatic rings. The third-order valence-electron chi connectivity index (χ3n) is 10.5. The number of carbonyl (C=O) groups is 3. The Morgan fingerprint density at radius 2 is 0.830 bits per heavy atom. The Hall–Kier alpha value is -1.67. The van der Waals surface area contributed by atoms with Crippen LogP contribution in [0.4, 0.5) is 0 Å². The van der Waals surface area contributed by atoms with Gasteiger partial charge in [-0.15, -0.1) is 0 Å². The lowest BCUT2D eigenvalue weighted by Crippen LogP contribution is -2.50. The van der Waals surface area contributed by atoms with Gasteiger partial charge in [-0.1, -0.05) is 187 Å². The van der Waals surface area contributed by atoms with Crippen LogP contribution in [0.2, 0.25) is 0 Å². The van der Waals surface area contributed by atoms with Crippen LogP contribution in [0.1, 0.15) is 219 Å². The molecule has 8 heteroatoms. The molecule has 0 aromatic heterocycles. The zero-order valence-corrected chi connectivity index (χ0v) is 35.7. The molecule has 314 valence electrons. The monoisotopic (exact) mass is 755 g/mol. The molecule has 8 nitrogen and oxygen atoms in total. The molecule has 2 atom stereocenters. The molecule has 0 heterocycles. The van der Waals surface area contributed by atoms with E-state index in [9.17, 15) is 19.5 Å². The molecule has 0 aliphatic heterocycles. The zero-order chi connectivity index (χ0) is 39.3. The summed E-state index contributed by atoms with van der Waals surface area (Å²) >= 11 is 0. The Bertz CT molecular complexity index is 843. The van der Waals surface area contributed by atoms with Crippen molar-refractivity contribution in [1.82, 2.24) is 0 Å². The second kappa shape index (κ2) is 37.3. The summed E-state index contributed by atoms with van der Waals surface area (Å²) in [6, 6.07) is -0.607. The third-order valence-corrected chi connectivity index (χ3v) is 10.5. The second-order valence-corrected chi connectivity index (χ2v) is 16.7. The van der Waals surface area contributed by atoms with Gasteiger partial charge in [0.15, 0.2) is 12.1 Å². The normalized spacial score (nSPS) is 12.8. The van der Waals surface area contributed by atoms with E-state index < -0.39 is 18.1 Å². The lowest BCUT2D eigenvalue weighted by molar-refractivity contribution is -0.887. The van der Waals surface area contributed by atoms with Gasteiger partial charge in [0.25, 0.3) is 0 Å². The smallest absolute Gasteiger partial charge is 0.362 e. The van der Waals surface area contributed by atoms with E-state index in [1.807, 2.05) is 21.1 Å². The molecule has 0 saturated heterocycles. The number of carboxylic acids is 1. The van der Waals surface area contributed by atoms with Gasteiger partial charge in [0, 0.05) is 19.3 Å². The summed E-state index contributed by atoms with van der Waals surface area (Å²) in [7, 11) is 5.54. The molecule has 0 radical (unpaired) electrons.